The van der Waals surface area contributed by atoms with Gasteiger partial charge in [-0.1, -0.05) is 50.6 Å². The minimum absolute atomic E-state index is 0.00288. The first-order valence-electron chi connectivity index (χ1n) is 6.59. The van der Waals surface area contributed by atoms with E-state index in [4.69, 9.17) is 11.6 Å². The summed E-state index contributed by atoms with van der Waals surface area (Å²) in [6.07, 6.45) is 0. The molecule has 0 aromatic heterocycles. The molecule has 0 bridgehead atoms. The second-order valence-electron chi connectivity index (χ2n) is 5.84. The molecule has 0 unspecified atom stereocenters. The van der Waals surface area contributed by atoms with Crippen molar-refractivity contribution in [3.63, 3.8) is 0 Å². The van der Waals surface area contributed by atoms with Crippen molar-refractivity contribution >= 4 is 28.7 Å². The topological polar surface area (TPSA) is 55.2 Å². The van der Waals surface area contributed by atoms with Crippen LogP contribution in [0, 0.1) is 10.1 Å². The first-order chi connectivity index (χ1) is 9.79. The molecule has 0 aliphatic rings. The van der Waals surface area contributed by atoms with Gasteiger partial charge in [-0.3, -0.25) is 10.1 Å². The quantitative estimate of drug-likeness (QED) is 0.619. The van der Waals surface area contributed by atoms with Crippen molar-refractivity contribution in [3.05, 3.63) is 63.2 Å². The molecule has 21 heavy (non-hydrogen) atoms. The largest absolute Gasteiger partial charge is 0.350 e. The summed E-state index contributed by atoms with van der Waals surface area (Å²) in [7, 11) is 0. The predicted octanol–water partition coefficient (Wildman–Crippen LogP) is 5.29. The van der Waals surface area contributed by atoms with Crippen LogP contribution in [0.5, 0.6) is 0 Å². The molecule has 0 aliphatic carbocycles. The minimum Gasteiger partial charge on any atom is -0.350 e. The molecule has 0 atom stereocenters. The molecule has 0 spiro atoms. The smallest absolute Gasteiger partial charge is 0.292 e. The van der Waals surface area contributed by atoms with Gasteiger partial charge < -0.3 is 5.32 Å². The van der Waals surface area contributed by atoms with Crippen LogP contribution in [0.25, 0.3) is 0 Å². The highest BCUT2D eigenvalue weighted by Gasteiger charge is 2.20. The fraction of sp³-hybridized carbons (Fsp3) is 0.250. The number of nitro groups is 1. The molecule has 110 valence electrons. The second kappa shape index (κ2) is 5.74. The summed E-state index contributed by atoms with van der Waals surface area (Å²) in [5.74, 6) is 0. The van der Waals surface area contributed by atoms with Crippen LogP contribution in [0.3, 0.4) is 0 Å². The summed E-state index contributed by atoms with van der Waals surface area (Å²) in [6, 6.07) is 12.3. The summed E-state index contributed by atoms with van der Waals surface area (Å²) >= 11 is 5.95. The van der Waals surface area contributed by atoms with E-state index in [2.05, 4.69) is 26.1 Å². The summed E-state index contributed by atoms with van der Waals surface area (Å²) in [5.41, 5.74) is 2.25. The van der Waals surface area contributed by atoms with Crippen molar-refractivity contribution in [2.24, 2.45) is 0 Å². The summed E-state index contributed by atoms with van der Waals surface area (Å²) in [5, 5.41) is 14.7. The second-order valence-corrected chi connectivity index (χ2v) is 6.28. The fourth-order valence-corrected chi connectivity index (χ4v) is 2.33. The van der Waals surface area contributed by atoms with Gasteiger partial charge in [0.2, 0.25) is 0 Å². The van der Waals surface area contributed by atoms with Gasteiger partial charge in [-0.05, 0) is 29.2 Å². The summed E-state index contributed by atoms with van der Waals surface area (Å²) in [4.78, 5) is 10.7. The van der Waals surface area contributed by atoms with E-state index in [1.54, 1.807) is 6.07 Å². The Balaban J connectivity index is 2.49. The van der Waals surface area contributed by atoms with E-state index in [0.717, 1.165) is 11.3 Å². The lowest BCUT2D eigenvalue weighted by molar-refractivity contribution is -0.383. The number of hydrogen-bond donors (Lipinski definition) is 1. The molecule has 0 saturated carbocycles. The number of anilines is 2. The van der Waals surface area contributed by atoms with Crippen LogP contribution in [0.4, 0.5) is 17.1 Å². The third kappa shape index (κ3) is 3.52. The van der Waals surface area contributed by atoms with Gasteiger partial charge in [0, 0.05) is 16.8 Å². The molecule has 5 heteroatoms. The fourth-order valence-electron chi connectivity index (χ4n) is 2.16. The Bertz CT molecular complexity index is 678. The van der Waals surface area contributed by atoms with Gasteiger partial charge in [0.15, 0.2) is 0 Å². The average Bonchev–Trinajstić information content (AvgIpc) is 2.37. The zero-order valence-electron chi connectivity index (χ0n) is 12.2. The number of nitro benzene ring substituents is 1. The zero-order chi connectivity index (χ0) is 15.6. The Kier molecular flexibility index (Phi) is 4.19. The van der Waals surface area contributed by atoms with Gasteiger partial charge in [-0.25, -0.2) is 0 Å². The Morgan fingerprint density at radius 2 is 1.76 bits per heavy atom. The highest BCUT2D eigenvalue weighted by Crippen LogP contribution is 2.35. The van der Waals surface area contributed by atoms with Gasteiger partial charge in [0.05, 0.1) is 4.92 Å². The summed E-state index contributed by atoms with van der Waals surface area (Å²) < 4.78 is 0. The van der Waals surface area contributed by atoms with E-state index < -0.39 is 4.92 Å². The Labute approximate surface area is 128 Å². The number of nitrogens with one attached hydrogen (secondary N) is 1. The third-order valence-corrected chi connectivity index (χ3v) is 3.39. The van der Waals surface area contributed by atoms with Gasteiger partial charge in [-0.2, -0.15) is 0 Å². The standard InChI is InChI=1S/C16H17ClN2O2/c1-16(2,3)12-6-4-5-7-13(12)18-14-10-11(17)8-9-15(14)19(20)21/h4-10,18H,1-3H3. The molecular formula is C16H17ClN2O2. The molecule has 2 aromatic rings. The lowest BCUT2D eigenvalue weighted by Crippen LogP contribution is -2.13. The van der Waals surface area contributed by atoms with E-state index in [1.807, 2.05) is 24.3 Å². The van der Waals surface area contributed by atoms with Crippen LogP contribution in [-0.4, -0.2) is 4.92 Å². The predicted molar refractivity (Wildman–Crippen MR) is 86.5 cm³/mol. The van der Waals surface area contributed by atoms with Crippen molar-refractivity contribution in [1.82, 2.24) is 0 Å². The molecule has 0 aliphatic heterocycles. The third-order valence-electron chi connectivity index (χ3n) is 3.16. The normalized spacial score (nSPS) is 11.2. The van der Waals surface area contributed by atoms with E-state index in [9.17, 15) is 10.1 Å². The zero-order valence-corrected chi connectivity index (χ0v) is 12.9. The van der Waals surface area contributed by atoms with Crippen LogP contribution < -0.4 is 5.32 Å². The Morgan fingerprint density at radius 3 is 2.38 bits per heavy atom. The van der Waals surface area contributed by atoms with E-state index >= 15 is 0 Å². The van der Waals surface area contributed by atoms with Crippen LogP contribution in [0.2, 0.25) is 5.02 Å². The van der Waals surface area contributed by atoms with E-state index in [0.29, 0.717) is 10.7 Å². The van der Waals surface area contributed by atoms with Gasteiger partial charge in [0.1, 0.15) is 5.69 Å². The van der Waals surface area contributed by atoms with Crippen molar-refractivity contribution < 1.29 is 4.92 Å². The number of para-hydroxylation sites is 1. The molecule has 0 saturated heterocycles. The van der Waals surface area contributed by atoms with Crippen molar-refractivity contribution in [3.8, 4) is 0 Å². The Hall–Kier alpha value is -2.07. The number of rotatable bonds is 3. The van der Waals surface area contributed by atoms with E-state index in [1.165, 1.54) is 12.1 Å². The Morgan fingerprint density at radius 1 is 1.10 bits per heavy atom. The molecule has 4 nitrogen and oxygen atoms in total. The van der Waals surface area contributed by atoms with Crippen LogP contribution in [-0.2, 0) is 5.41 Å². The number of halogens is 1. The highest BCUT2D eigenvalue weighted by atomic mass is 35.5. The first kappa shape index (κ1) is 15.3. The van der Waals surface area contributed by atoms with Crippen LogP contribution in [0.1, 0.15) is 26.3 Å². The molecule has 2 rings (SSSR count). The van der Waals surface area contributed by atoms with Crippen molar-refractivity contribution in [1.29, 1.82) is 0 Å². The molecule has 1 N–H and O–H groups in total. The molecule has 0 amide bonds. The maximum atomic E-state index is 11.1. The molecule has 2 aromatic carbocycles. The number of hydrogen-bond acceptors (Lipinski definition) is 3. The maximum absolute atomic E-state index is 11.1. The number of nitrogens with zero attached hydrogens (tertiary/aromatic N) is 1. The van der Waals surface area contributed by atoms with Gasteiger partial charge in [-0.15, -0.1) is 0 Å². The lowest BCUT2D eigenvalue weighted by Gasteiger charge is -2.23. The monoisotopic (exact) mass is 304 g/mol. The highest BCUT2D eigenvalue weighted by molar-refractivity contribution is 6.31. The summed E-state index contributed by atoms with van der Waals surface area (Å²) in [6.45, 7) is 6.29. The van der Waals surface area contributed by atoms with E-state index in [-0.39, 0.29) is 11.1 Å². The molecule has 0 fully saturated rings. The molecular weight excluding hydrogens is 288 g/mol. The first-order valence-corrected chi connectivity index (χ1v) is 6.97. The van der Waals surface area contributed by atoms with Gasteiger partial charge in [0.25, 0.3) is 5.69 Å². The van der Waals surface area contributed by atoms with Gasteiger partial charge >= 0.3 is 0 Å². The number of benzene rings is 2. The van der Waals surface area contributed by atoms with Crippen molar-refractivity contribution in [2.75, 3.05) is 5.32 Å². The molecule has 0 radical (unpaired) electrons. The van der Waals surface area contributed by atoms with Crippen LogP contribution in [0.15, 0.2) is 42.5 Å². The lowest BCUT2D eigenvalue weighted by atomic mass is 9.86. The molecule has 0 heterocycles. The maximum Gasteiger partial charge on any atom is 0.292 e. The minimum atomic E-state index is -0.418. The van der Waals surface area contributed by atoms with Crippen molar-refractivity contribution in [2.45, 2.75) is 26.2 Å². The van der Waals surface area contributed by atoms with Crippen LogP contribution >= 0.6 is 11.6 Å². The SMILES string of the molecule is CC(C)(C)c1ccccc1Nc1cc(Cl)ccc1[N+](=O)[O-]. The average molecular weight is 305 g/mol.